The molecule has 0 aliphatic rings. The lowest BCUT2D eigenvalue weighted by molar-refractivity contribution is -0.122. The minimum absolute atomic E-state index is 0.0589. The van der Waals surface area contributed by atoms with Gasteiger partial charge in [-0.25, -0.2) is 0 Å². The van der Waals surface area contributed by atoms with Crippen LogP contribution >= 0.6 is 0 Å². The van der Waals surface area contributed by atoms with Gasteiger partial charge in [0, 0.05) is 23.4 Å². The van der Waals surface area contributed by atoms with Crippen molar-refractivity contribution in [2.45, 2.75) is 39.8 Å². The summed E-state index contributed by atoms with van der Waals surface area (Å²) in [5, 5.41) is 12.0. The highest BCUT2D eigenvalue weighted by atomic mass is 16.4. The monoisotopic (exact) mass is 312 g/mol. The maximum absolute atomic E-state index is 12.4. The SMILES string of the molecule is Cc1nnc(-c2cc3ccccc3n2CC(=O)NC(C)(C)C)o1. The first-order chi connectivity index (χ1) is 10.8. The number of benzene rings is 1. The van der Waals surface area contributed by atoms with Crippen molar-refractivity contribution in [2.75, 3.05) is 0 Å². The third kappa shape index (κ3) is 3.26. The number of nitrogens with one attached hydrogen (secondary N) is 1. The van der Waals surface area contributed by atoms with E-state index in [9.17, 15) is 4.79 Å². The van der Waals surface area contributed by atoms with E-state index in [2.05, 4.69) is 15.5 Å². The zero-order chi connectivity index (χ0) is 16.6. The van der Waals surface area contributed by atoms with E-state index in [0.717, 1.165) is 16.6 Å². The zero-order valence-electron chi connectivity index (χ0n) is 13.8. The number of nitrogens with zero attached hydrogens (tertiary/aromatic N) is 3. The van der Waals surface area contributed by atoms with E-state index in [0.29, 0.717) is 11.8 Å². The molecule has 0 aliphatic carbocycles. The fourth-order valence-electron chi connectivity index (χ4n) is 2.56. The first-order valence-corrected chi connectivity index (χ1v) is 7.53. The Labute approximate surface area is 134 Å². The molecule has 23 heavy (non-hydrogen) atoms. The van der Waals surface area contributed by atoms with E-state index in [-0.39, 0.29) is 18.0 Å². The predicted octanol–water partition coefficient (Wildman–Crippen LogP) is 2.91. The summed E-state index contributed by atoms with van der Waals surface area (Å²) < 4.78 is 7.45. The molecule has 6 heteroatoms. The van der Waals surface area contributed by atoms with Gasteiger partial charge in [-0.05, 0) is 32.9 Å². The molecule has 1 N–H and O–H groups in total. The Kier molecular flexibility index (Phi) is 3.67. The molecule has 6 nitrogen and oxygen atoms in total. The normalized spacial score (nSPS) is 11.8. The Morgan fingerprint density at radius 2 is 2.00 bits per heavy atom. The number of para-hydroxylation sites is 1. The van der Waals surface area contributed by atoms with E-state index in [1.807, 2.05) is 55.7 Å². The molecule has 0 saturated heterocycles. The van der Waals surface area contributed by atoms with Crippen molar-refractivity contribution in [1.29, 1.82) is 0 Å². The summed E-state index contributed by atoms with van der Waals surface area (Å²) in [5.41, 5.74) is 1.43. The van der Waals surface area contributed by atoms with Gasteiger partial charge in [0.15, 0.2) is 0 Å². The number of aromatic nitrogens is 3. The minimum atomic E-state index is -0.277. The average molecular weight is 312 g/mol. The quantitative estimate of drug-likeness (QED) is 0.807. The Morgan fingerprint density at radius 3 is 2.65 bits per heavy atom. The highest BCUT2D eigenvalue weighted by molar-refractivity contribution is 5.88. The van der Waals surface area contributed by atoms with Gasteiger partial charge in [-0.2, -0.15) is 0 Å². The second-order valence-electron chi connectivity index (χ2n) is 6.60. The number of hydrogen-bond acceptors (Lipinski definition) is 4. The summed E-state index contributed by atoms with van der Waals surface area (Å²) in [7, 11) is 0. The fraction of sp³-hybridized carbons (Fsp3) is 0.353. The maximum atomic E-state index is 12.4. The van der Waals surface area contributed by atoms with Crippen LogP contribution in [-0.2, 0) is 11.3 Å². The second-order valence-corrected chi connectivity index (χ2v) is 6.60. The Morgan fingerprint density at radius 1 is 1.26 bits per heavy atom. The van der Waals surface area contributed by atoms with Gasteiger partial charge in [0.1, 0.15) is 12.2 Å². The molecule has 1 aromatic carbocycles. The fourth-order valence-corrected chi connectivity index (χ4v) is 2.56. The van der Waals surface area contributed by atoms with Crippen LogP contribution in [0.5, 0.6) is 0 Å². The molecule has 1 amide bonds. The topological polar surface area (TPSA) is 73.0 Å². The van der Waals surface area contributed by atoms with Crippen LogP contribution in [0.4, 0.5) is 0 Å². The highest BCUT2D eigenvalue weighted by Gasteiger charge is 2.19. The molecule has 3 rings (SSSR count). The first-order valence-electron chi connectivity index (χ1n) is 7.53. The molecular formula is C17H20N4O2. The van der Waals surface area contributed by atoms with Crippen molar-refractivity contribution in [2.24, 2.45) is 0 Å². The number of aryl methyl sites for hydroxylation is 1. The lowest BCUT2D eigenvalue weighted by atomic mass is 10.1. The van der Waals surface area contributed by atoms with Gasteiger partial charge >= 0.3 is 0 Å². The molecule has 120 valence electrons. The maximum Gasteiger partial charge on any atom is 0.264 e. The highest BCUT2D eigenvalue weighted by Crippen LogP contribution is 2.27. The molecular weight excluding hydrogens is 292 g/mol. The van der Waals surface area contributed by atoms with Gasteiger partial charge in [-0.3, -0.25) is 4.79 Å². The van der Waals surface area contributed by atoms with E-state index < -0.39 is 0 Å². The van der Waals surface area contributed by atoms with Gasteiger partial charge in [0.05, 0.1) is 0 Å². The number of amides is 1. The van der Waals surface area contributed by atoms with Crippen LogP contribution in [0.25, 0.3) is 22.5 Å². The lowest BCUT2D eigenvalue weighted by Gasteiger charge is -2.21. The summed E-state index contributed by atoms with van der Waals surface area (Å²) in [6.07, 6.45) is 0. The predicted molar refractivity (Wildman–Crippen MR) is 87.9 cm³/mol. The van der Waals surface area contributed by atoms with E-state index in [1.165, 1.54) is 0 Å². The van der Waals surface area contributed by atoms with Crippen molar-refractivity contribution in [3.8, 4) is 11.6 Å². The Balaban J connectivity index is 2.05. The van der Waals surface area contributed by atoms with Crippen LogP contribution in [0.3, 0.4) is 0 Å². The molecule has 2 heterocycles. The Hall–Kier alpha value is -2.63. The molecule has 3 aromatic rings. The third-order valence-electron chi connectivity index (χ3n) is 3.37. The average Bonchev–Trinajstić information content (AvgIpc) is 3.01. The number of fused-ring (bicyclic) bond motifs is 1. The third-order valence-corrected chi connectivity index (χ3v) is 3.37. The summed E-state index contributed by atoms with van der Waals surface area (Å²) in [6, 6.07) is 9.85. The van der Waals surface area contributed by atoms with Crippen molar-refractivity contribution < 1.29 is 9.21 Å². The number of carbonyl (C=O) groups excluding carboxylic acids is 1. The molecule has 0 unspecified atom stereocenters. The second kappa shape index (κ2) is 5.53. The summed E-state index contributed by atoms with van der Waals surface area (Å²) >= 11 is 0. The van der Waals surface area contributed by atoms with E-state index in [1.54, 1.807) is 6.92 Å². The largest absolute Gasteiger partial charge is 0.420 e. The summed E-state index contributed by atoms with van der Waals surface area (Å²) in [6.45, 7) is 7.82. The molecule has 0 radical (unpaired) electrons. The molecule has 0 bridgehead atoms. The van der Waals surface area contributed by atoms with E-state index >= 15 is 0 Å². The van der Waals surface area contributed by atoms with Crippen LogP contribution in [0.2, 0.25) is 0 Å². The Bertz CT molecular complexity index is 855. The summed E-state index contributed by atoms with van der Waals surface area (Å²) in [5.74, 6) is 0.856. The molecule has 2 aromatic heterocycles. The van der Waals surface area contributed by atoms with Gasteiger partial charge in [-0.1, -0.05) is 18.2 Å². The molecule has 0 fully saturated rings. The first kappa shape index (κ1) is 15.3. The van der Waals surface area contributed by atoms with Gasteiger partial charge in [0.25, 0.3) is 5.89 Å². The summed E-state index contributed by atoms with van der Waals surface area (Å²) in [4.78, 5) is 12.4. The van der Waals surface area contributed by atoms with Crippen LogP contribution in [0.15, 0.2) is 34.7 Å². The number of rotatable bonds is 3. The van der Waals surface area contributed by atoms with Gasteiger partial charge in [0.2, 0.25) is 11.8 Å². The zero-order valence-corrected chi connectivity index (χ0v) is 13.8. The van der Waals surface area contributed by atoms with Crippen LogP contribution in [-0.4, -0.2) is 26.2 Å². The van der Waals surface area contributed by atoms with E-state index in [4.69, 9.17) is 4.42 Å². The molecule has 0 spiro atoms. The standard InChI is InChI=1S/C17H20N4O2/c1-11-19-20-16(23-11)14-9-12-7-5-6-8-13(12)21(14)10-15(22)18-17(2,3)4/h5-9H,10H2,1-4H3,(H,18,22). The molecule has 0 aliphatic heterocycles. The molecule has 0 saturated carbocycles. The number of carbonyl (C=O) groups is 1. The van der Waals surface area contributed by atoms with Crippen molar-refractivity contribution >= 4 is 16.8 Å². The van der Waals surface area contributed by atoms with Gasteiger partial charge < -0.3 is 14.3 Å². The smallest absolute Gasteiger partial charge is 0.264 e. The van der Waals surface area contributed by atoms with Crippen LogP contribution in [0.1, 0.15) is 26.7 Å². The van der Waals surface area contributed by atoms with Gasteiger partial charge in [-0.15, -0.1) is 10.2 Å². The van der Waals surface area contributed by atoms with Crippen molar-refractivity contribution in [3.05, 3.63) is 36.2 Å². The van der Waals surface area contributed by atoms with Crippen LogP contribution in [0, 0.1) is 6.92 Å². The van der Waals surface area contributed by atoms with Crippen molar-refractivity contribution in [3.63, 3.8) is 0 Å². The molecule has 0 atom stereocenters. The van der Waals surface area contributed by atoms with Crippen LogP contribution < -0.4 is 5.32 Å². The number of hydrogen-bond donors (Lipinski definition) is 1. The lowest BCUT2D eigenvalue weighted by Crippen LogP contribution is -2.42. The minimum Gasteiger partial charge on any atom is -0.420 e. The van der Waals surface area contributed by atoms with Crippen molar-refractivity contribution in [1.82, 2.24) is 20.1 Å².